The van der Waals surface area contributed by atoms with Crippen molar-refractivity contribution in [3.63, 3.8) is 0 Å². The molecule has 6 heteroatoms. The normalized spacial score (nSPS) is 12.7. The van der Waals surface area contributed by atoms with Crippen LogP contribution >= 0.6 is 0 Å². The molecule has 0 aliphatic rings. The van der Waals surface area contributed by atoms with Gasteiger partial charge in [-0.05, 0) is 96.3 Å². The standard InChI is InChI=1S/C69H118O6/c1-4-7-10-13-16-19-22-25-28-31-33-34-36-38-41-44-47-50-53-56-59-62-68(71)74-65-66(64-73-67(70)61-58-55-52-49-46-43-40-37-30-27-24-21-18-15-12-9-6-3)75-69(72)63-60-57-54-51-48-45-42-39-35-32-29-26-23-20-17-14-11-8-5-2/h8,11,17,20,26-27,29-30,35,39-40,43,45,48-49,52,66H,4-7,9-10,12-16,18-19,21-25,28,31-34,36-38,41-42,44,46-47,50-51,53-65H2,1-3H3/b11-8-,20-17-,29-26-,30-27-,39-35-,43-40-,48-45-,52-49-/t66-/m1/s1. The lowest BCUT2D eigenvalue weighted by Crippen LogP contribution is -2.30. The van der Waals surface area contributed by atoms with Gasteiger partial charge in [-0.15, -0.1) is 0 Å². The van der Waals surface area contributed by atoms with Gasteiger partial charge in [0.25, 0.3) is 0 Å². The van der Waals surface area contributed by atoms with E-state index >= 15 is 0 Å². The zero-order valence-corrected chi connectivity index (χ0v) is 49.3. The molecule has 0 amide bonds. The van der Waals surface area contributed by atoms with Crippen LogP contribution in [0.3, 0.4) is 0 Å². The summed E-state index contributed by atoms with van der Waals surface area (Å²) >= 11 is 0. The fourth-order valence-corrected chi connectivity index (χ4v) is 8.84. The summed E-state index contributed by atoms with van der Waals surface area (Å²) < 4.78 is 16.9. The molecule has 75 heavy (non-hydrogen) atoms. The van der Waals surface area contributed by atoms with Gasteiger partial charge in [-0.2, -0.15) is 0 Å². The first-order chi connectivity index (χ1) is 37.0. The molecule has 0 heterocycles. The van der Waals surface area contributed by atoms with Crippen LogP contribution in [-0.2, 0) is 28.6 Å². The number of hydrogen-bond acceptors (Lipinski definition) is 6. The predicted octanol–water partition coefficient (Wildman–Crippen LogP) is 21.7. The SMILES string of the molecule is CC/C=C\C/C=C\C/C=C\C/C=C\C/C=C\CCCCCC(=O)O[C@H](COC(=O)CCC/C=C\C/C=C\C/C=C\CCCCCCCC)COC(=O)CCCCCCCCCCCCCCCCCCCCCCC. The molecular weight excluding hydrogens is 925 g/mol. The van der Waals surface area contributed by atoms with Crippen molar-refractivity contribution >= 4 is 17.9 Å². The van der Waals surface area contributed by atoms with Crippen LogP contribution in [0.4, 0.5) is 0 Å². The van der Waals surface area contributed by atoms with E-state index in [9.17, 15) is 14.4 Å². The molecule has 0 aliphatic heterocycles. The number of ether oxygens (including phenoxy) is 3. The predicted molar refractivity (Wildman–Crippen MR) is 325 cm³/mol. The Kier molecular flexibility index (Phi) is 59.8. The van der Waals surface area contributed by atoms with Gasteiger partial charge in [0.1, 0.15) is 13.2 Å². The average molecular weight is 1040 g/mol. The minimum atomic E-state index is -0.816. The van der Waals surface area contributed by atoms with Gasteiger partial charge in [0, 0.05) is 19.3 Å². The number of unbranched alkanes of at least 4 members (excludes halogenated alkanes) is 30. The maximum Gasteiger partial charge on any atom is 0.306 e. The highest BCUT2D eigenvalue weighted by atomic mass is 16.6. The van der Waals surface area contributed by atoms with Crippen molar-refractivity contribution < 1.29 is 28.6 Å². The quantitative estimate of drug-likeness (QED) is 0.0261. The van der Waals surface area contributed by atoms with Crippen LogP contribution < -0.4 is 0 Å². The fourth-order valence-electron chi connectivity index (χ4n) is 8.84. The lowest BCUT2D eigenvalue weighted by molar-refractivity contribution is -0.167. The van der Waals surface area contributed by atoms with Crippen LogP contribution in [0, 0.1) is 0 Å². The molecule has 0 rings (SSSR count). The molecule has 0 bridgehead atoms. The molecule has 0 saturated heterocycles. The van der Waals surface area contributed by atoms with Crippen molar-refractivity contribution in [2.45, 2.75) is 309 Å². The number of rotatable bonds is 57. The molecule has 0 aliphatic carbocycles. The fraction of sp³-hybridized carbons (Fsp3) is 0.725. The summed E-state index contributed by atoms with van der Waals surface area (Å²) in [5, 5.41) is 0. The first-order valence-corrected chi connectivity index (χ1v) is 31.7. The number of hydrogen-bond donors (Lipinski definition) is 0. The van der Waals surface area contributed by atoms with Gasteiger partial charge in [0.15, 0.2) is 6.10 Å². The third-order valence-electron chi connectivity index (χ3n) is 13.6. The van der Waals surface area contributed by atoms with Gasteiger partial charge >= 0.3 is 17.9 Å². The van der Waals surface area contributed by atoms with E-state index in [2.05, 4.69) is 118 Å². The highest BCUT2D eigenvalue weighted by molar-refractivity contribution is 5.71. The monoisotopic (exact) mass is 1040 g/mol. The van der Waals surface area contributed by atoms with Gasteiger partial charge in [0.05, 0.1) is 0 Å². The van der Waals surface area contributed by atoms with Gasteiger partial charge in [-0.1, -0.05) is 285 Å². The van der Waals surface area contributed by atoms with E-state index in [0.29, 0.717) is 12.8 Å². The summed E-state index contributed by atoms with van der Waals surface area (Å²) in [5.41, 5.74) is 0. The minimum absolute atomic E-state index is 0.105. The molecule has 1 atom stereocenters. The average Bonchev–Trinajstić information content (AvgIpc) is 3.41. The zero-order chi connectivity index (χ0) is 54.3. The maximum absolute atomic E-state index is 12.9. The van der Waals surface area contributed by atoms with E-state index in [1.165, 1.54) is 161 Å². The molecule has 430 valence electrons. The first kappa shape index (κ1) is 71.3. The molecule has 0 aromatic heterocycles. The van der Waals surface area contributed by atoms with Gasteiger partial charge in [-0.3, -0.25) is 14.4 Å². The zero-order valence-electron chi connectivity index (χ0n) is 49.3. The second-order valence-electron chi connectivity index (χ2n) is 20.9. The van der Waals surface area contributed by atoms with Crippen LogP contribution in [0.25, 0.3) is 0 Å². The molecule has 0 radical (unpaired) electrons. The Bertz CT molecular complexity index is 1480. The largest absolute Gasteiger partial charge is 0.462 e. The van der Waals surface area contributed by atoms with Crippen LogP contribution in [0.2, 0.25) is 0 Å². The minimum Gasteiger partial charge on any atom is -0.462 e. The molecule has 0 unspecified atom stereocenters. The molecule has 0 fully saturated rings. The van der Waals surface area contributed by atoms with E-state index in [1.807, 2.05) is 0 Å². The Morgan fingerprint density at radius 2 is 0.533 bits per heavy atom. The second-order valence-corrected chi connectivity index (χ2v) is 20.9. The summed E-state index contributed by atoms with van der Waals surface area (Å²) in [7, 11) is 0. The van der Waals surface area contributed by atoms with Crippen LogP contribution in [0.1, 0.15) is 303 Å². The summed E-state index contributed by atoms with van der Waals surface area (Å²) in [6.07, 6.45) is 84.2. The Morgan fingerprint density at radius 3 is 0.880 bits per heavy atom. The third-order valence-corrected chi connectivity index (χ3v) is 13.6. The molecule has 0 aromatic rings. The van der Waals surface area contributed by atoms with Gasteiger partial charge in [-0.25, -0.2) is 0 Å². The van der Waals surface area contributed by atoms with Crippen molar-refractivity contribution in [1.29, 1.82) is 0 Å². The third kappa shape index (κ3) is 61.1. The summed E-state index contributed by atoms with van der Waals surface area (Å²) in [5.74, 6) is -0.982. The highest BCUT2D eigenvalue weighted by Gasteiger charge is 2.19. The second kappa shape index (κ2) is 62.9. The lowest BCUT2D eigenvalue weighted by Gasteiger charge is -2.18. The van der Waals surface area contributed by atoms with Gasteiger partial charge in [0.2, 0.25) is 0 Å². The van der Waals surface area contributed by atoms with E-state index in [1.54, 1.807) is 0 Å². The number of esters is 3. The van der Waals surface area contributed by atoms with E-state index in [4.69, 9.17) is 14.2 Å². The molecule has 0 N–H and O–H groups in total. The van der Waals surface area contributed by atoms with Crippen molar-refractivity contribution in [3.8, 4) is 0 Å². The van der Waals surface area contributed by atoms with E-state index in [-0.39, 0.29) is 44.0 Å². The Labute approximate surface area is 464 Å². The van der Waals surface area contributed by atoms with Crippen LogP contribution in [-0.4, -0.2) is 37.2 Å². The Hall–Kier alpha value is -3.67. The van der Waals surface area contributed by atoms with Crippen molar-refractivity contribution in [2.24, 2.45) is 0 Å². The van der Waals surface area contributed by atoms with Gasteiger partial charge < -0.3 is 14.2 Å². The van der Waals surface area contributed by atoms with Crippen molar-refractivity contribution in [3.05, 3.63) is 97.2 Å². The molecule has 0 saturated carbocycles. The van der Waals surface area contributed by atoms with Crippen LogP contribution in [0.15, 0.2) is 97.2 Å². The van der Waals surface area contributed by atoms with E-state index in [0.717, 1.165) is 96.3 Å². The van der Waals surface area contributed by atoms with E-state index < -0.39 is 6.10 Å². The summed E-state index contributed by atoms with van der Waals surface area (Å²) in [6.45, 7) is 6.48. The Balaban J connectivity index is 4.47. The molecule has 6 nitrogen and oxygen atoms in total. The van der Waals surface area contributed by atoms with Crippen LogP contribution in [0.5, 0.6) is 0 Å². The number of carbonyl (C=O) groups is 3. The lowest BCUT2D eigenvalue weighted by atomic mass is 10.0. The number of carbonyl (C=O) groups excluding carboxylic acids is 3. The Morgan fingerprint density at radius 1 is 0.280 bits per heavy atom. The molecule has 0 aromatic carbocycles. The number of allylic oxidation sites excluding steroid dienone is 16. The molecular formula is C69H118O6. The van der Waals surface area contributed by atoms with Crippen molar-refractivity contribution in [2.75, 3.05) is 13.2 Å². The summed E-state index contributed by atoms with van der Waals surface area (Å²) in [4.78, 5) is 38.3. The first-order valence-electron chi connectivity index (χ1n) is 31.7. The highest BCUT2D eigenvalue weighted by Crippen LogP contribution is 2.16. The molecule has 0 spiro atoms. The summed E-state index contributed by atoms with van der Waals surface area (Å²) in [6, 6.07) is 0. The maximum atomic E-state index is 12.9. The topological polar surface area (TPSA) is 78.9 Å². The smallest absolute Gasteiger partial charge is 0.306 e. The van der Waals surface area contributed by atoms with Crippen molar-refractivity contribution in [1.82, 2.24) is 0 Å².